The lowest BCUT2D eigenvalue weighted by Crippen LogP contribution is -2.41. The molecule has 0 atom stereocenters. The molecular formula is C94H115Cl2F3N12O8. The number of nitrogens with zero attached hydrogens (tertiary/aromatic N) is 9. The standard InChI is InChI=1S/2C32H37FN4O2.C30H39FN4O4.2ClH/c2*1-36(2)22-29-25(20-31(38)34-27-12-10-26(33)11-13-27)9-14-28-30(35-39-32(28)29)15-8-23-16-18-37(19-17-23)21-24-6-4-3-5-7-24;1-30(2,3)38-29(37)35-16-14-20(15-17-35)6-13-26-24-12-7-21(25(19-34(4)5)28(24)39-33-26)18-27(36)32-23-10-8-22(31)9-11-23;;/h2*3-7,9-14,23H,8,15-22H2,1-2H3,(H,34,38);7-12,20H,6,13-19H2,1-5H3,(H,32,36);2*1H. The summed E-state index contributed by atoms with van der Waals surface area (Å²) in [4.78, 5) is 63.8. The lowest BCUT2D eigenvalue weighted by molar-refractivity contribution is -0.116. The number of carbonyl (C=O) groups excluding carboxylic acids is 4. The average Bonchev–Trinajstić information content (AvgIpc) is 1.70. The largest absolute Gasteiger partial charge is 0.444 e. The molecule has 3 aromatic heterocycles. The Labute approximate surface area is 709 Å². The highest BCUT2D eigenvalue weighted by Crippen LogP contribution is 2.35. The number of aryl methyl sites for hydroxylation is 3. The van der Waals surface area contributed by atoms with Crippen molar-refractivity contribution in [3.63, 3.8) is 0 Å². The highest BCUT2D eigenvalue weighted by Gasteiger charge is 2.30. The number of aromatic nitrogens is 3. The number of hydrogen-bond donors (Lipinski definition) is 3. The fourth-order valence-corrected chi connectivity index (χ4v) is 16.0. The molecule has 0 spiro atoms. The maximum absolute atomic E-state index is 13.2. The van der Waals surface area contributed by atoms with Crippen molar-refractivity contribution in [3.05, 3.63) is 249 Å². The molecule has 3 aliphatic heterocycles. The molecule has 3 fully saturated rings. The highest BCUT2D eigenvalue weighted by molar-refractivity contribution is 5.96. The van der Waals surface area contributed by atoms with Gasteiger partial charge in [-0.15, -0.1) is 24.8 Å². The molecule has 0 unspecified atom stereocenters. The third-order valence-corrected chi connectivity index (χ3v) is 22.2. The Bertz CT molecular complexity index is 4840. The van der Waals surface area contributed by atoms with Gasteiger partial charge >= 0.3 is 6.09 Å². The Kier molecular flexibility index (Phi) is 33.6. The predicted octanol–water partition coefficient (Wildman–Crippen LogP) is 18.7. The molecule has 14 rings (SSSR count). The van der Waals surface area contributed by atoms with Gasteiger partial charge in [0.1, 0.15) is 23.1 Å². The van der Waals surface area contributed by atoms with Crippen LogP contribution in [0.25, 0.3) is 32.9 Å². The SMILES string of the molecule is CN(C)Cc1c(CC(=O)Nc2ccc(F)cc2)ccc2c(CCC3CCN(C(=O)OC(C)(C)C)CC3)noc12.CN(C)Cc1c(CC(=O)Nc2ccc(F)cc2)ccc2c(CCC3CCN(Cc4ccccc4)CC3)noc12.CN(C)Cc1c(CC(=O)Nc2ccc(F)cc2)ccc2c(CCC3CCN(Cc4ccccc4)CC3)noc12.Cl.Cl. The molecule has 4 amide bonds. The predicted molar refractivity (Wildman–Crippen MR) is 469 cm³/mol. The molecule has 3 aliphatic rings. The first-order valence-electron chi connectivity index (χ1n) is 41.1. The molecule has 634 valence electrons. The lowest BCUT2D eigenvalue weighted by Gasteiger charge is -2.33. The topological polar surface area (TPSA) is 211 Å². The van der Waals surface area contributed by atoms with E-state index in [4.69, 9.17) is 18.3 Å². The number of carbonyl (C=O) groups is 4. The Morgan fingerprint density at radius 3 is 0.975 bits per heavy atom. The number of halogens is 5. The van der Waals surface area contributed by atoms with Gasteiger partial charge in [0.15, 0.2) is 16.7 Å². The van der Waals surface area contributed by atoms with Crippen molar-refractivity contribution in [2.24, 2.45) is 17.8 Å². The molecule has 0 bridgehead atoms. The van der Waals surface area contributed by atoms with E-state index in [1.54, 1.807) is 41.3 Å². The van der Waals surface area contributed by atoms with Crippen LogP contribution in [0.15, 0.2) is 183 Å². The van der Waals surface area contributed by atoms with Crippen LogP contribution in [-0.4, -0.2) is 156 Å². The minimum atomic E-state index is -0.486. The maximum Gasteiger partial charge on any atom is 0.410 e. The Morgan fingerprint density at radius 2 is 0.697 bits per heavy atom. The van der Waals surface area contributed by atoms with Gasteiger partial charge < -0.3 is 53.9 Å². The van der Waals surface area contributed by atoms with Crippen LogP contribution in [-0.2, 0) is 90.4 Å². The molecule has 20 nitrogen and oxygen atoms in total. The van der Waals surface area contributed by atoms with E-state index in [2.05, 4.69) is 112 Å². The van der Waals surface area contributed by atoms with Crippen molar-refractivity contribution in [2.75, 3.05) is 97.5 Å². The minimum Gasteiger partial charge on any atom is -0.444 e. The molecule has 25 heteroatoms. The van der Waals surface area contributed by atoms with E-state index >= 15 is 0 Å². The molecule has 3 saturated heterocycles. The summed E-state index contributed by atoms with van der Waals surface area (Å²) >= 11 is 0. The number of anilines is 3. The molecule has 11 aromatic rings. The van der Waals surface area contributed by atoms with Gasteiger partial charge in [-0.05, 0) is 303 Å². The summed E-state index contributed by atoms with van der Waals surface area (Å²) in [6.45, 7) is 15.5. The van der Waals surface area contributed by atoms with Crippen molar-refractivity contribution in [1.82, 2.24) is 44.9 Å². The monoisotopic (exact) mass is 1670 g/mol. The fourth-order valence-electron chi connectivity index (χ4n) is 16.0. The van der Waals surface area contributed by atoms with Crippen LogP contribution < -0.4 is 16.0 Å². The summed E-state index contributed by atoms with van der Waals surface area (Å²) in [5.41, 5.74) is 14.7. The van der Waals surface area contributed by atoms with Crippen molar-refractivity contribution in [3.8, 4) is 0 Å². The Balaban J connectivity index is 0.000000186. The summed E-state index contributed by atoms with van der Waals surface area (Å²) < 4.78 is 62.8. The van der Waals surface area contributed by atoms with Crippen LogP contribution in [0.2, 0.25) is 0 Å². The van der Waals surface area contributed by atoms with E-state index < -0.39 is 5.60 Å². The van der Waals surface area contributed by atoms with Crippen molar-refractivity contribution in [1.29, 1.82) is 0 Å². The van der Waals surface area contributed by atoms with Gasteiger partial charge in [-0.3, -0.25) is 24.2 Å². The first-order chi connectivity index (χ1) is 56.4. The third-order valence-electron chi connectivity index (χ3n) is 22.2. The van der Waals surface area contributed by atoms with Gasteiger partial charge in [0.25, 0.3) is 0 Å². The van der Waals surface area contributed by atoms with Gasteiger partial charge in [0.2, 0.25) is 17.7 Å². The number of fused-ring (bicyclic) bond motifs is 3. The maximum atomic E-state index is 13.2. The van der Waals surface area contributed by atoms with E-state index in [1.165, 1.54) is 73.2 Å². The second-order valence-corrected chi connectivity index (χ2v) is 33.5. The number of piperidine rings is 3. The number of nitrogens with one attached hydrogen (secondary N) is 3. The fraction of sp³-hybridized carbons (Fsp3) is 0.415. The minimum absolute atomic E-state index is 0. The van der Waals surface area contributed by atoms with Crippen LogP contribution in [0.4, 0.5) is 35.0 Å². The molecular weight excluding hydrogens is 1550 g/mol. The number of benzene rings is 8. The zero-order chi connectivity index (χ0) is 82.5. The number of amides is 4. The van der Waals surface area contributed by atoms with Gasteiger partial charge in [0.05, 0.1) is 36.3 Å². The first-order valence-corrected chi connectivity index (χ1v) is 41.1. The van der Waals surface area contributed by atoms with Gasteiger partial charge in [0, 0.05) is 95.7 Å². The summed E-state index contributed by atoms with van der Waals surface area (Å²) in [6.07, 6.45) is 12.8. The van der Waals surface area contributed by atoms with Gasteiger partial charge in [-0.1, -0.05) is 94.3 Å². The van der Waals surface area contributed by atoms with E-state index in [-0.39, 0.29) is 85.3 Å². The summed E-state index contributed by atoms with van der Waals surface area (Å²) in [6, 6.07) is 50.8. The first kappa shape index (κ1) is 91.3. The van der Waals surface area contributed by atoms with E-state index in [9.17, 15) is 32.3 Å². The molecule has 8 aromatic carbocycles. The van der Waals surface area contributed by atoms with Crippen LogP contribution in [0.1, 0.15) is 140 Å². The zero-order valence-electron chi connectivity index (χ0n) is 70.0. The lowest BCUT2D eigenvalue weighted by atomic mass is 9.90. The molecule has 119 heavy (non-hydrogen) atoms. The second-order valence-electron chi connectivity index (χ2n) is 33.5. The third kappa shape index (κ3) is 27.0. The highest BCUT2D eigenvalue weighted by atomic mass is 35.5. The van der Waals surface area contributed by atoms with Crippen molar-refractivity contribution < 1.29 is 50.7 Å². The smallest absolute Gasteiger partial charge is 0.410 e. The number of rotatable bonds is 28. The van der Waals surface area contributed by atoms with E-state index in [1.807, 2.05) is 104 Å². The number of hydrogen-bond acceptors (Lipinski definition) is 16. The van der Waals surface area contributed by atoms with Gasteiger partial charge in [-0.2, -0.15) is 0 Å². The molecule has 0 radical (unpaired) electrons. The molecule has 0 saturated carbocycles. The van der Waals surface area contributed by atoms with Crippen LogP contribution >= 0.6 is 24.8 Å². The Morgan fingerprint density at radius 1 is 0.412 bits per heavy atom. The Hall–Kier alpha value is -9.98. The number of ether oxygens (including phenoxy) is 1. The summed E-state index contributed by atoms with van der Waals surface area (Å²) in [5.74, 6) is 0.392. The molecule has 3 N–H and O–H groups in total. The van der Waals surface area contributed by atoms with E-state index in [0.717, 1.165) is 168 Å². The second kappa shape index (κ2) is 43.8. The average molecular weight is 1670 g/mol. The van der Waals surface area contributed by atoms with E-state index in [0.29, 0.717) is 73.1 Å². The normalized spacial score (nSPS) is 14.5. The van der Waals surface area contributed by atoms with Crippen LogP contribution in [0.5, 0.6) is 0 Å². The van der Waals surface area contributed by atoms with Crippen molar-refractivity contribution >= 4 is 98.6 Å². The van der Waals surface area contributed by atoms with Crippen molar-refractivity contribution in [2.45, 2.75) is 155 Å². The molecule has 0 aliphatic carbocycles. The quantitative estimate of drug-likeness (QED) is 0.0416. The molecule has 6 heterocycles. The zero-order valence-corrected chi connectivity index (χ0v) is 71.7. The summed E-state index contributed by atoms with van der Waals surface area (Å²) in [7, 11) is 12.0. The van der Waals surface area contributed by atoms with Crippen LogP contribution in [0.3, 0.4) is 0 Å². The van der Waals surface area contributed by atoms with Gasteiger partial charge in [-0.25, -0.2) is 18.0 Å². The number of likely N-dealkylation sites (tertiary alicyclic amines) is 3. The summed E-state index contributed by atoms with van der Waals surface area (Å²) in [5, 5.41) is 25.0. The van der Waals surface area contributed by atoms with Crippen LogP contribution in [0, 0.1) is 35.2 Å².